The number of nitrogens with two attached hydrogens (primary N) is 6. The van der Waals surface area contributed by atoms with Crippen LogP contribution in [0.2, 0.25) is 48.4 Å². The maximum atomic E-state index is 14.1. The zero-order valence-electron chi connectivity index (χ0n) is 42.6. The minimum atomic E-state index is -4.40. The summed E-state index contributed by atoms with van der Waals surface area (Å²) in [4.78, 5) is 30.2. The standard InChI is InChI=1S/C44H75N9O14Si8/c45-22-4-30-68-56-69(31-5-23-46)59-72(34-8-26-49)61-70(57-68,32-6-24-47)63-74-36-10-28-51-43(54)38-14-18-41(19-15-38)53(40-12-2-1-3-13-40)42-20-16-39(17-21-42)44(55)52-29-11-37-75(65-72,67-74)66-73(60-69,35-9-27-50)62-71(58-68,64-74)33-7-25-48/h1-3,12-21H,4-11,22-37,45-50H2,(H,51,54)(H,52,55). The first-order valence-corrected chi connectivity index (χ1v) is 42.0. The highest BCUT2D eigenvalue weighted by atomic mass is 28.6. The van der Waals surface area contributed by atoms with Crippen LogP contribution in [-0.2, 0) is 49.4 Å². The lowest BCUT2D eigenvalue weighted by atomic mass is 10.1. The third-order valence-corrected chi connectivity index (χ3v) is 51.1. The van der Waals surface area contributed by atoms with E-state index in [9.17, 15) is 9.59 Å². The molecular weight excluding hydrogens is 1100 g/mol. The SMILES string of the molecule is NCCC[Si]12O[Si]3(CCCN)O[Si]4(CCCN)O[Si](CCCN)(O1)O[Si]15CCCNC(=O)c6ccc(cc6)N(c6ccccc6)c6ccc(cc6)C(=O)NCCC[Si](O4)(O[Si](CCCN)(O3)O[Si](CCCN)(O2)O1)O5. The molecular formula is C44H75N9O14Si8. The first kappa shape index (κ1) is 57.1. The summed E-state index contributed by atoms with van der Waals surface area (Å²) in [7, 11) is -34.3. The molecule has 2 spiro atoms. The Bertz CT molecular complexity index is 2220. The average molecular weight is 1180 g/mol. The number of carbonyl (C=O) groups excluding carboxylic acids is 2. The van der Waals surface area contributed by atoms with Gasteiger partial charge in [-0.1, -0.05) is 18.2 Å². The number of carbonyl (C=O) groups is 2. The molecule has 4 atom stereocenters. The van der Waals surface area contributed by atoms with Gasteiger partial charge in [-0.3, -0.25) is 9.59 Å². The maximum absolute atomic E-state index is 14.1. The van der Waals surface area contributed by atoms with Crippen molar-refractivity contribution >= 4 is 99.3 Å². The Labute approximate surface area is 448 Å². The van der Waals surface area contributed by atoms with Gasteiger partial charge in [-0.05, 0) is 151 Å². The first-order chi connectivity index (χ1) is 36.3. The van der Waals surface area contributed by atoms with Crippen LogP contribution in [0.1, 0.15) is 72.1 Å². The van der Waals surface area contributed by atoms with Gasteiger partial charge < -0.3 is 99.3 Å². The molecule has 2 amide bonds. The largest absolute Gasteiger partial charge is 0.478 e. The van der Waals surface area contributed by atoms with Crippen molar-refractivity contribution in [1.29, 1.82) is 0 Å². The van der Waals surface area contributed by atoms with Gasteiger partial charge in [-0.15, -0.1) is 0 Å². The quantitative estimate of drug-likeness (QED) is 0.0799. The third kappa shape index (κ3) is 12.9. The van der Waals surface area contributed by atoms with Crippen molar-refractivity contribution in [2.45, 2.75) is 99.7 Å². The number of rotatable bonds is 19. The van der Waals surface area contributed by atoms with E-state index in [1.807, 2.05) is 54.6 Å². The highest BCUT2D eigenvalue weighted by molar-refractivity contribution is 7.03. The predicted molar refractivity (Wildman–Crippen MR) is 295 cm³/mol. The molecule has 0 aliphatic carbocycles. The summed E-state index contributed by atoms with van der Waals surface area (Å²) in [6.07, 6.45) is 3.10. The molecule has 412 valence electrons. The highest BCUT2D eigenvalue weighted by Crippen LogP contribution is 2.54. The summed E-state index contributed by atoms with van der Waals surface area (Å²) in [5.74, 6) is -0.563. The molecule has 75 heavy (non-hydrogen) atoms. The van der Waals surface area contributed by atoms with Gasteiger partial charge in [0.2, 0.25) is 0 Å². The van der Waals surface area contributed by atoms with Gasteiger partial charge in [0.1, 0.15) is 0 Å². The molecule has 6 fully saturated rings. The summed E-state index contributed by atoms with van der Waals surface area (Å²) >= 11 is 0. The van der Waals surface area contributed by atoms with Crippen molar-refractivity contribution in [3.63, 3.8) is 0 Å². The van der Waals surface area contributed by atoms with Crippen LogP contribution in [-0.4, -0.2) is 135 Å². The smallest absolute Gasteiger partial charge is 0.373 e. The number of amides is 2. The van der Waals surface area contributed by atoms with Crippen LogP contribution >= 0.6 is 0 Å². The minimum Gasteiger partial charge on any atom is -0.373 e. The molecule has 3 aromatic rings. The topological polar surface area (TPSA) is 328 Å². The van der Waals surface area contributed by atoms with E-state index < -0.39 is 70.4 Å². The van der Waals surface area contributed by atoms with Gasteiger partial charge in [-0.2, -0.15) is 0 Å². The summed E-state index contributed by atoms with van der Waals surface area (Å²) in [5, 5.41) is 6.26. The molecule has 0 saturated carbocycles. The van der Waals surface area contributed by atoms with Gasteiger partial charge in [0.25, 0.3) is 11.8 Å². The normalized spacial score (nSPS) is 33.9. The van der Waals surface area contributed by atoms with E-state index in [0.717, 1.165) is 17.1 Å². The van der Waals surface area contributed by atoms with Gasteiger partial charge in [0, 0.05) is 89.6 Å². The molecule has 12 bridgehead atoms. The second-order valence-electron chi connectivity index (χ2n) is 19.5. The Balaban J connectivity index is 1.21. The van der Waals surface area contributed by atoms with Crippen molar-refractivity contribution in [2.24, 2.45) is 34.4 Å². The van der Waals surface area contributed by atoms with E-state index in [2.05, 4.69) is 15.5 Å². The molecule has 9 aliphatic rings. The Morgan fingerprint density at radius 2 is 0.653 bits per heavy atom. The number of para-hydroxylation sites is 1. The Hall–Kier alpha value is -2.58. The van der Waals surface area contributed by atoms with Crippen LogP contribution in [0.15, 0.2) is 78.9 Å². The van der Waals surface area contributed by atoms with E-state index in [4.69, 9.17) is 83.8 Å². The molecule has 6 saturated heterocycles. The summed E-state index contributed by atoms with van der Waals surface area (Å²) in [5.41, 5.74) is 41.4. The fourth-order valence-electron chi connectivity index (χ4n) is 10.2. The lowest BCUT2D eigenvalue weighted by molar-refractivity contribution is -0.0311. The molecule has 12 rings (SSSR count). The molecule has 31 heteroatoms. The molecule has 23 nitrogen and oxygen atoms in total. The molecule has 9 heterocycles. The van der Waals surface area contributed by atoms with Crippen LogP contribution < -0.4 is 49.9 Å². The Morgan fingerprint density at radius 3 is 0.947 bits per heavy atom. The maximum Gasteiger partial charge on any atom is 0.478 e. The van der Waals surface area contributed by atoms with Crippen LogP contribution in [0.25, 0.3) is 0 Å². The fraction of sp³-hybridized carbons (Fsp3) is 0.545. The third-order valence-electron chi connectivity index (χ3n) is 13.5. The molecule has 14 N–H and O–H groups in total. The molecule has 0 aromatic heterocycles. The van der Waals surface area contributed by atoms with Crippen molar-refractivity contribution in [3.05, 3.63) is 90.0 Å². The van der Waals surface area contributed by atoms with Crippen LogP contribution in [0.3, 0.4) is 0 Å². The zero-order chi connectivity index (χ0) is 52.7. The number of nitrogens with zero attached hydrogens (tertiary/aromatic N) is 1. The Kier molecular flexibility index (Phi) is 18.6. The van der Waals surface area contributed by atoms with E-state index in [-0.39, 0.29) is 113 Å². The van der Waals surface area contributed by atoms with Crippen LogP contribution in [0.4, 0.5) is 17.1 Å². The monoisotopic (exact) mass is 1180 g/mol. The lowest BCUT2D eigenvalue weighted by Crippen LogP contribution is -2.88. The van der Waals surface area contributed by atoms with Gasteiger partial charge >= 0.3 is 70.4 Å². The summed E-state index contributed by atoms with van der Waals surface area (Å²) in [6, 6.07) is 26.1. The summed E-state index contributed by atoms with van der Waals surface area (Å²) in [6.45, 7) is 2.00. The number of hydrogen-bond donors (Lipinski definition) is 8. The van der Waals surface area contributed by atoms with Crippen molar-refractivity contribution in [1.82, 2.24) is 10.6 Å². The first-order valence-electron chi connectivity index (χ1n) is 26.5. The number of fused-ring (bicyclic) bond motifs is 2. The van der Waals surface area contributed by atoms with Crippen molar-refractivity contribution in [3.8, 4) is 0 Å². The molecule has 3 aromatic carbocycles. The molecule has 0 radical (unpaired) electrons. The van der Waals surface area contributed by atoms with Crippen LogP contribution in [0.5, 0.6) is 0 Å². The van der Waals surface area contributed by atoms with Crippen molar-refractivity contribution < 1.29 is 59.0 Å². The van der Waals surface area contributed by atoms with E-state index in [0.29, 0.717) is 62.5 Å². The van der Waals surface area contributed by atoms with Gasteiger partial charge in [0.05, 0.1) is 0 Å². The van der Waals surface area contributed by atoms with Crippen LogP contribution in [0, 0.1) is 0 Å². The number of nitrogens with one attached hydrogen (secondary N) is 2. The predicted octanol–water partition coefficient (Wildman–Crippen LogP) is 3.28. The average Bonchev–Trinajstić information content (AvgIpc) is 3.39. The second kappa shape index (κ2) is 24.4. The fourth-order valence-corrected chi connectivity index (χ4v) is 60.8. The molecule has 9 aliphatic heterocycles. The number of anilines is 3. The van der Waals surface area contributed by atoms with Gasteiger partial charge in [-0.25, -0.2) is 0 Å². The van der Waals surface area contributed by atoms with E-state index in [1.165, 1.54) is 0 Å². The molecule has 4 unspecified atom stereocenters. The minimum absolute atomic E-state index is 0.115. The van der Waals surface area contributed by atoms with E-state index in [1.54, 1.807) is 24.3 Å². The number of benzene rings is 3. The Morgan fingerprint density at radius 1 is 0.373 bits per heavy atom. The second-order valence-corrected chi connectivity index (χ2v) is 44.3. The van der Waals surface area contributed by atoms with E-state index >= 15 is 0 Å². The summed E-state index contributed by atoms with van der Waals surface area (Å²) < 4.78 is 92.1. The van der Waals surface area contributed by atoms with Gasteiger partial charge in [0.15, 0.2) is 0 Å². The number of hydrogen-bond acceptors (Lipinski definition) is 21. The highest BCUT2D eigenvalue weighted by Gasteiger charge is 2.82. The lowest BCUT2D eigenvalue weighted by Gasteiger charge is -2.63. The van der Waals surface area contributed by atoms with Crippen molar-refractivity contribution in [2.75, 3.05) is 57.3 Å². The zero-order valence-corrected chi connectivity index (χ0v) is 50.6.